The molecule has 10 heteroatoms. The number of nitrogens with one attached hydrogen (secondary N) is 2. The zero-order valence-electron chi connectivity index (χ0n) is 15.5. The highest BCUT2D eigenvalue weighted by Gasteiger charge is 2.35. The summed E-state index contributed by atoms with van der Waals surface area (Å²) in [5.74, 6) is -0.515. The van der Waals surface area contributed by atoms with Gasteiger partial charge in [0.1, 0.15) is 16.6 Å². The van der Waals surface area contributed by atoms with Gasteiger partial charge in [-0.25, -0.2) is 8.42 Å². The Morgan fingerprint density at radius 2 is 1.92 bits per heavy atom. The molecule has 0 bridgehead atoms. The minimum atomic E-state index is -3.69. The number of carbonyl (C=O) groups is 2. The van der Waals surface area contributed by atoms with Crippen LogP contribution in [0.15, 0.2) is 9.42 Å². The fourth-order valence-corrected chi connectivity index (χ4v) is 4.82. The number of piperidine rings is 1. The lowest BCUT2D eigenvalue weighted by atomic mass is 9.97. The molecule has 1 aromatic rings. The molecule has 0 spiro atoms. The van der Waals surface area contributed by atoms with Gasteiger partial charge in [0.15, 0.2) is 5.76 Å². The number of hydrogen-bond donors (Lipinski definition) is 2. The van der Waals surface area contributed by atoms with E-state index in [1.807, 2.05) is 6.92 Å². The first-order chi connectivity index (χ1) is 12.2. The van der Waals surface area contributed by atoms with Gasteiger partial charge >= 0.3 is 0 Å². The highest BCUT2D eigenvalue weighted by atomic mass is 32.2. The summed E-state index contributed by atoms with van der Waals surface area (Å²) >= 11 is 0. The number of aryl methyl sites for hydroxylation is 2. The van der Waals surface area contributed by atoms with Gasteiger partial charge in [-0.3, -0.25) is 9.59 Å². The van der Waals surface area contributed by atoms with E-state index in [-0.39, 0.29) is 41.5 Å². The highest BCUT2D eigenvalue weighted by molar-refractivity contribution is 7.89. The second-order valence-electron chi connectivity index (χ2n) is 6.46. The van der Waals surface area contributed by atoms with Crippen molar-refractivity contribution < 1.29 is 22.5 Å². The van der Waals surface area contributed by atoms with E-state index in [1.165, 1.54) is 4.31 Å². The molecule has 1 fully saturated rings. The van der Waals surface area contributed by atoms with E-state index in [9.17, 15) is 18.0 Å². The summed E-state index contributed by atoms with van der Waals surface area (Å²) in [5, 5.41) is 9.04. The van der Waals surface area contributed by atoms with Gasteiger partial charge < -0.3 is 15.2 Å². The van der Waals surface area contributed by atoms with Gasteiger partial charge in [-0.15, -0.1) is 0 Å². The first kappa shape index (κ1) is 20.4. The largest absolute Gasteiger partial charge is 0.360 e. The molecule has 0 radical (unpaired) electrons. The van der Waals surface area contributed by atoms with E-state index in [0.717, 1.165) is 0 Å². The number of rotatable bonds is 6. The van der Waals surface area contributed by atoms with Crippen molar-refractivity contribution in [2.24, 2.45) is 5.92 Å². The van der Waals surface area contributed by atoms with Crippen LogP contribution in [0.25, 0.3) is 0 Å². The lowest BCUT2D eigenvalue weighted by molar-refractivity contribution is -0.131. The van der Waals surface area contributed by atoms with Crippen molar-refractivity contribution in [3.63, 3.8) is 0 Å². The summed E-state index contributed by atoms with van der Waals surface area (Å²) in [4.78, 5) is 24.1. The van der Waals surface area contributed by atoms with Crippen LogP contribution in [-0.2, 0) is 19.6 Å². The Bertz CT molecular complexity index is 746. The Hall–Kier alpha value is -1.94. The fraction of sp³-hybridized carbons (Fsp3) is 0.688. The average molecular weight is 386 g/mol. The predicted molar refractivity (Wildman–Crippen MR) is 93.7 cm³/mol. The third kappa shape index (κ3) is 4.24. The summed E-state index contributed by atoms with van der Waals surface area (Å²) in [7, 11) is -3.69. The number of aromatic nitrogens is 1. The minimum Gasteiger partial charge on any atom is -0.360 e. The van der Waals surface area contributed by atoms with Gasteiger partial charge in [0, 0.05) is 25.6 Å². The van der Waals surface area contributed by atoms with Gasteiger partial charge in [0.05, 0.1) is 0 Å². The monoisotopic (exact) mass is 386 g/mol. The molecule has 1 atom stereocenters. The number of likely N-dealkylation sites (N-methyl/N-ethyl adjacent to an activating group) is 1. The molecule has 2 amide bonds. The van der Waals surface area contributed by atoms with Crippen LogP contribution < -0.4 is 10.6 Å². The molecule has 2 N–H and O–H groups in total. The van der Waals surface area contributed by atoms with Crippen molar-refractivity contribution in [2.75, 3.05) is 19.6 Å². The Kier molecular flexibility index (Phi) is 6.40. The number of hydrogen-bond acceptors (Lipinski definition) is 6. The SMILES string of the molecule is CCNC(=O)[C@H](C)NC(=O)C1CCN(S(=O)(=O)c2c(C)noc2C)CC1. The molecule has 2 rings (SSSR count). The maximum absolute atomic E-state index is 12.8. The fourth-order valence-electron chi connectivity index (χ4n) is 3.05. The number of nitrogens with zero attached hydrogens (tertiary/aromatic N) is 2. The van der Waals surface area contributed by atoms with Crippen molar-refractivity contribution in [3.8, 4) is 0 Å². The predicted octanol–water partition coefficient (Wildman–Crippen LogP) is 0.333. The third-order valence-electron chi connectivity index (χ3n) is 4.49. The second-order valence-corrected chi connectivity index (χ2v) is 8.33. The molecule has 1 aliphatic heterocycles. The average Bonchev–Trinajstić information content (AvgIpc) is 2.94. The smallest absolute Gasteiger partial charge is 0.248 e. The van der Waals surface area contributed by atoms with Crippen molar-refractivity contribution in [1.29, 1.82) is 0 Å². The first-order valence-corrected chi connectivity index (χ1v) is 10.1. The van der Waals surface area contributed by atoms with E-state index in [1.54, 1.807) is 20.8 Å². The van der Waals surface area contributed by atoms with Gasteiger partial charge in [0.25, 0.3) is 0 Å². The molecule has 0 aliphatic carbocycles. The molecule has 1 saturated heterocycles. The molecule has 1 aliphatic rings. The maximum Gasteiger partial charge on any atom is 0.248 e. The molecule has 26 heavy (non-hydrogen) atoms. The molecular weight excluding hydrogens is 360 g/mol. The van der Waals surface area contributed by atoms with E-state index >= 15 is 0 Å². The molecule has 0 aromatic carbocycles. The van der Waals surface area contributed by atoms with Gasteiger partial charge in [-0.05, 0) is 40.5 Å². The zero-order chi connectivity index (χ0) is 19.5. The summed E-state index contributed by atoms with van der Waals surface area (Å²) in [6, 6.07) is -0.619. The van der Waals surface area contributed by atoms with Crippen molar-refractivity contribution >= 4 is 21.8 Å². The molecule has 0 saturated carbocycles. The quantitative estimate of drug-likeness (QED) is 0.727. The third-order valence-corrected chi connectivity index (χ3v) is 6.64. The zero-order valence-corrected chi connectivity index (χ0v) is 16.4. The number of sulfonamides is 1. The lowest BCUT2D eigenvalue weighted by Crippen LogP contribution is -2.49. The van der Waals surface area contributed by atoms with E-state index in [0.29, 0.717) is 25.1 Å². The van der Waals surface area contributed by atoms with E-state index in [4.69, 9.17) is 4.52 Å². The summed E-state index contributed by atoms with van der Waals surface area (Å²) in [6.45, 7) is 7.56. The molecular formula is C16H26N4O5S. The summed E-state index contributed by atoms with van der Waals surface area (Å²) in [5.41, 5.74) is 0.332. The van der Waals surface area contributed by atoms with Gasteiger partial charge in [0.2, 0.25) is 21.8 Å². The van der Waals surface area contributed by atoms with Crippen molar-refractivity contribution in [3.05, 3.63) is 11.5 Å². The van der Waals surface area contributed by atoms with E-state index in [2.05, 4.69) is 15.8 Å². The van der Waals surface area contributed by atoms with Gasteiger partial charge in [-0.2, -0.15) is 4.31 Å². The maximum atomic E-state index is 12.8. The second kappa shape index (κ2) is 8.17. The topological polar surface area (TPSA) is 122 Å². The Labute approximate surface area is 153 Å². The molecule has 0 unspecified atom stereocenters. The van der Waals surface area contributed by atoms with Crippen molar-refractivity contribution in [2.45, 2.75) is 51.5 Å². The van der Waals surface area contributed by atoms with Crippen LogP contribution in [-0.4, -0.2) is 55.4 Å². The van der Waals surface area contributed by atoms with Crippen LogP contribution in [0.3, 0.4) is 0 Å². The minimum absolute atomic E-state index is 0.102. The van der Waals surface area contributed by atoms with Crippen LogP contribution in [0.4, 0.5) is 0 Å². The van der Waals surface area contributed by atoms with Crippen LogP contribution >= 0.6 is 0 Å². The summed E-state index contributed by atoms with van der Waals surface area (Å²) < 4.78 is 31.9. The normalized spacial score (nSPS) is 17.7. The Balaban J connectivity index is 1.96. The molecule has 2 heterocycles. The van der Waals surface area contributed by atoms with E-state index < -0.39 is 16.1 Å². The highest BCUT2D eigenvalue weighted by Crippen LogP contribution is 2.27. The number of amides is 2. The summed E-state index contributed by atoms with van der Waals surface area (Å²) in [6.07, 6.45) is 0.799. The lowest BCUT2D eigenvalue weighted by Gasteiger charge is -2.30. The van der Waals surface area contributed by atoms with Crippen LogP contribution in [0.2, 0.25) is 0 Å². The van der Waals surface area contributed by atoms with Crippen LogP contribution in [0.5, 0.6) is 0 Å². The first-order valence-electron chi connectivity index (χ1n) is 8.69. The van der Waals surface area contributed by atoms with Crippen LogP contribution in [0, 0.1) is 19.8 Å². The Morgan fingerprint density at radius 3 is 2.42 bits per heavy atom. The molecule has 1 aromatic heterocycles. The standard InChI is InChI=1S/C16H26N4O5S/c1-5-17-15(21)11(3)18-16(22)13-6-8-20(9-7-13)26(23,24)14-10(2)19-25-12(14)4/h11,13H,5-9H2,1-4H3,(H,17,21)(H,18,22)/t11-/m0/s1. The van der Waals surface area contributed by atoms with Gasteiger partial charge in [-0.1, -0.05) is 5.16 Å². The molecule has 9 nitrogen and oxygen atoms in total. The van der Waals surface area contributed by atoms with Crippen molar-refractivity contribution in [1.82, 2.24) is 20.1 Å². The number of carbonyl (C=O) groups excluding carboxylic acids is 2. The Morgan fingerprint density at radius 1 is 1.31 bits per heavy atom. The van der Waals surface area contributed by atoms with Crippen LogP contribution in [0.1, 0.15) is 38.1 Å². The molecule has 146 valence electrons.